The van der Waals surface area contributed by atoms with Crippen LogP contribution in [0.2, 0.25) is 0 Å². The molecule has 0 spiro atoms. The Morgan fingerprint density at radius 2 is 1.88 bits per heavy atom. The van der Waals surface area contributed by atoms with Gasteiger partial charge in [0.05, 0.1) is 5.92 Å². The van der Waals surface area contributed by atoms with Gasteiger partial charge in [-0.1, -0.05) is 33.1 Å². The van der Waals surface area contributed by atoms with Crippen molar-refractivity contribution >= 4 is 5.97 Å². The van der Waals surface area contributed by atoms with Crippen molar-refractivity contribution in [3.63, 3.8) is 0 Å². The van der Waals surface area contributed by atoms with Gasteiger partial charge in [0.15, 0.2) is 0 Å². The Hall–Kier alpha value is -0.570. The van der Waals surface area contributed by atoms with E-state index in [1.54, 1.807) is 0 Å². The van der Waals surface area contributed by atoms with Crippen LogP contribution in [-0.4, -0.2) is 24.7 Å². The predicted octanol–water partition coefficient (Wildman–Crippen LogP) is 3.13. The molecule has 0 saturated heterocycles. The number of ether oxygens (including phenoxy) is 1. The first-order valence-electron chi connectivity index (χ1n) is 6.80. The minimum absolute atomic E-state index is 0.0691. The Kier molecular flexibility index (Phi) is 8.23. The Morgan fingerprint density at radius 1 is 1.24 bits per heavy atom. The van der Waals surface area contributed by atoms with Crippen LogP contribution in [0.1, 0.15) is 60.3 Å². The van der Waals surface area contributed by atoms with Gasteiger partial charge in [-0.2, -0.15) is 0 Å². The van der Waals surface area contributed by atoms with Gasteiger partial charge in [0, 0.05) is 6.54 Å². The first kappa shape index (κ1) is 16.4. The normalized spacial score (nSPS) is 13.5. The Balaban J connectivity index is 3.58. The summed E-state index contributed by atoms with van der Waals surface area (Å²) in [5.74, 6) is -0.182. The molecule has 1 atom stereocenters. The molecule has 0 bridgehead atoms. The maximum Gasteiger partial charge on any atom is 0.310 e. The molecule has 0 heterocycles. The number of unbranched alkanes of at least 4 members (excludes halogenated alkanes) is 3. The number of hydrogen-bond acceptors (Lipinski definition) is 3. The van der Waals surface area contributed by atoms with E-state index in [0.717, 1.165) is 6.54 Å². The van der Waals surface area contributed by atoms with Gasteiger partial charge in [0.1, 0.15) is 5.60 Å². The molecule has 0 rings (SSSR count). The summed E-state index contributed by atoms with van der Waals surface area (Å²) >= 11 is 0. The van der Waals surface area contributed by atoms with Crippen LogP contribution in [0, 0.1) is 5.92 Å². The average Bonchev–Trinajstić information content (AvgIpc) is 2.20. The first-order chi connectivity index (χ1) is 7.87. The first-order valence-corrected chi connectivity index (χ1v) is 6.80. The zero-order valence-corrected chi connectivity index (χ0v) is 12.1. The summed E-state index contributed by atoms with van der Waals surface area (Å²) in [6.07, 6.45) is 5.01. The molecule has 0 amide bonds. The van der Waals surface area contributed by atoms with Crippen LogP contribution < -0.4 is 5.32 Å². The summed E-state index contributed by atoms with van der Waals surface area (Å²) in [4.78, 5) is 11.7. The molecule has 0 aromatic rings. The van der Waals surface area contributed by atoms with Gasteiger partial charge in [-0.3, -0.25) is 4.79 Å². The number of carbonyl (C=O) groups is 1. The number of carbonyl (C=O) groups excluding carboxylic acids is 1. The van der Waals surface area contributed by atoms with Crippen LogP contribution in [0.3, 0.4) is 0 Å². The highest BCUT2D eigenvalue weighted by molar-refractivity contribution is 5.72. The van der Waals surface area contributed by atoms with Crippen LogP contribution in [0.4, 0.5) is 0 Å². The molecule has 0 aliphatic heterocycles. The van der Waals surface area contributed by atoms with Gasteiger partial charge < -0.3 is 10.1 Å². The number of esters is 1. The summed E-state index contributed by atoms with van der Waals surface area (Å²) < 4.78 is 5.32. The largest absolute Gasteiger partial charge is 0.460 e. The summed E-state index contributed by atoms with van der Waals surface area (Å²) in [6.45, 7) is 11.5. The molecule has 3 nitrogen and oxygen atoms in total. The van der Waals surface area contributed by atoms with E-state index in [4.69, 9.17) is 4.74 Å². The molecule has 102 valence electrons. The van der Waals surface area contributed by atoms with Crippen LogP contribution in [0.15, 0.2) is 0 Å². The molecule has 0 fully saturated rings. The van der Waals surface area contributed by atoms with Gasteiger partial charge >= 0.3 is 5.97 Å². The van der Waals surface area contributed by atoms with Crippen LogP contribution in [0.5, 0.6) is 0 Å². The van der Waals surface area contributed by atoms with E-state index >= 15 is 0 Å². The van der Waals surface area contributed by atoms with Crippen molar-refractivity contribution < 1.29 is 9.53 Å². The fourth-order valence-corrected chi connectivity index (χ4v) is 1.48. The Morgan fingerprint density at radius 3 is 2.41 bits per heavy atom. The lowest BCUT2D eigenvalue weighted by Gasteiger charge is -2.22. The highest BCUT2D eigenvalue weighted by Crippen LogP contribution is 2.10. The third-order valence-corrected chi connectivity index (χ3v) is 2.47. The molecule has 0 aromatic heterocycles. The van der Waals surface area contributed by atoms with Gasteiger partial charge in [-0.15, -0.1) is 0 Å². The average molecular weight is 243 g/mol. The van der Waals surface area contributed by atoms with Crippen molar-refractivity contribution in [2.24, 2.45) is 5.92 Å². The summed E-state index contributed by atoms with van der Waals surface area (Å²) in [6, 6.07) is 0. The third kappa shape index (κ3) is 10.3. The van der Waals surface area contributed by atoms with Crippen molar-refractivity contribution in [2.75, 3.05) is 13.1 Å². The van der Waals surface area contributed by atoms with Crippen molar-refractivity contribution in [3.05, 3.63) is 0 Å². The second-order valence-corrected chi connectivity index (χ2v) is 5.70. The molecule has 0 aromatic carbocycles. The minimum atomic E-state index is -0.382. The summed E-state index contributed by atoms with van der Waals surface area (Å²) in [5, 5.41) is 3.31. The van der Waals surface area contributed by atoms with Crippen molar-refractivity contribution in [3.8, 4) is 0 Å². The predicted molar refractivity (Wildman–Crippen MR) is 72.0 cm³/mol. The number of rotatable bonds is 8. The molecule has 17 heavy (non-hydrogen) atoms. The van der Waals surface area contributed by atoms with Crippen LogP contribution in [0.25, 0.3) is 0 Å². The highest BCUT2D eigenvalue weighted by Gasteiger charge is 2.21. The molecule has 1 N–H and O–H groups in total. The number of hydrogen-bond donors (Lipinski definition) is 1. The van der Waals surface area contributed by atoms with Crippen LogP contribution in [-0.2, 0) is 9.53 Å². The van der Waals surface area contributed by atoms with E-state index in [0.29, 0.717) is 6.54 Å². The van der Waals surface area contributed by atoms with E-state index in [1.807, 2.05) is 27.7 Å². The molecule has 0 saturated carbocycles. The van der Waals surface area contributed by atoms with Crippen molar-refractivity contribution in [1.29, 1.82) is 0 Å². The SMILES string of the molecule is CCCCCCNC[C@H](C)C(=O)OC(C)(C)C. The van der Waals surface area contributed by atoms with Gasteiger partial charge in [0.2, 0.25) is 0 Å². The zero-order valence-electron chi connectivity index (χ0n) is 12.1. The fourth-order valence-electron chi connectivity index (χ4n) is 1.48. The smallest absolute Gasteiger partial charge is 0.310 e. The maximum atomic E-state index is 11.7. The zero-order chi connectivity index (χ0) is 13.3. The topological polar surface area (TPSA) is 38.3 Å². The molecule has 3 heteroatoms. The number of nitrogens with one attached hydrogen (secondary N) is 1. The third-order valence-electron chi connectivity index (χ3n) is 2.47. The van der Waals surface area contributed by atoms with Gasteiger partial charge in [0.25, 0.3) is 0 Å². The fraction of sp³-hybridized carbons (Fsp3) is 0.929. The summed E-state index contributed by atoms with van der Waals surface area (Å²) in [7, 11) is 0. The van der Waals surface area contributed by atoms with Gasteiger partial charge in [-0.25, -0.2) is 0 Å². The second kappa shape index (κ2) is 8.51. The van der Waals surface area contributed by atoms with Crippen molar-refractivity contribution in [1.82, 2.24) is 5.32 Å². The maximum absolute atomic E-state index is 11.7. The molecular weight excluding hydrogens is 214 g/mol. The molecule has 0 aliphatic carbocycles. The lowest BCUT2D eigenvalue weighted by molar-refractivity contribution is -0.159. The summed E-state index contributed by atoms with van der Waals surface area (Å²) in [5.41, 5.74) is -0.382. The van der Waals surface area contributed by atoms with Crippen molar-refractivity contribution in [2.45, 2.75) is 65.9 Å². The highest BCUT2D eigenvalue weighted by atomic mass is 16.6. The minimum Gasteiger partial charge on any atom is -0.460 e. The lowest BCUT2D eigenvalue weighted by Crippen LogP contribution is -2.33. The quantitative estimate of drug-likeness (QED) is 0.526. The molecular formula is C14H29NO2. The van der Waals surface area contributed by atoms with Crippen LogP contribution >= 0.6 is 0 Å². The Bertz CT molecular complexity index is 209. The molecule has 0 unspecified atom stereocenters. The van der Waals surface area contributed by atoms with E-state index in [1.165, 1.54) is 25.7 Å². The monoisotopic (exact) mass is 243 g/mol. The van der Waals surface area contributed by atoms with E-state index in [-0.39, 0.29) is 17.5 Å². The van der Waals surface area contributed by atoms with E-state index in [2.05, 4.69) is 12.2 Å². The van der Waals surface area contributed by atoms with E-state index < -0.39 is 0 Å². The lowest BCUT2D eigenvalue weighted by atomic mass is 10.1. The van der Waals surface area contributed by atoms with Gasteiger partial charge in [-0.05, 0) is 33.7 Å². The molecule has 0 radical (unpaired) electrons. The standard InChI is InChI=1S/C14H29NO2/c1-6-7-8-9-10-15-11-12(2)13(16)17-14(3,4)5/h12,15H,6-11H2,1-5H3/t12-/m0/s1. The molecule has 0 aliphatic rings. The second-order valence-electron chi connectivity index (χ2n) is 5.70. The Labute approximate surface area is 106 Å². The van der Waals surface area contributed by atoms with E-state index in [9.17, 15) is 4.79 Å².